The van der Waals surface area contributed by atoms with Crippen LogP contribution in [0.3, 0.4) is 0 Å². The van der Waals surface area contributed by atoms with E-state index in [9.17, 15) is 0 Å². The Morgan fingerprint density at radius 2 is 0.833 bits per heavy atom. The fraction of sp³-hybridized carbons (Fsp3) is 0.333. The number of nitrogens with one attached hydrogen (secondary N) is 3. The molecule has 3 nitrogen and oxygen atoms in total. The van der Waals surface area contributed by atoms with Crippen molar-refractivity contribution < 1.29 is 0 Å². The molecule has 0 saturated heterocycles. The van der Waals surface area contributed by atoms with Crippen LogP contribution in [0.25, 0.3) is 0 Å². The van der Waals surface area contributed by atoms with Crippen molar-refractivity contribution in [3.05, 3.63) is 108 Å². The van der Waals surface area contributed by atoms with Crippen LogP contribution in [0.15, 0.2) is 91.0 Å². The van der Waals surface area contributed by atoms with Crippen LogP contribution in [0.5, 0.6) is 0 Å². The maximum Gasteiger partial charge on any atom is 0.0317 e. The Labute approximate surface area is 181 Å². The van der Waals surface area contributed by atoms with E-state index >= 15 is 0 Å². The van der Waals surface area contributed by atoms with E-state index in [2.05, 4.69) is 107 Å². The number of benzene rings is 3. The molecule has 0 radical (unpaired) electrons. The third-order valence-corrected chi connectivity index (χ3v) is 5.34. The molecule has 0 aliphatic heterocycles. The third kappa shape index (κ3) is 8.91. The number of hydrogen-bond donors (Lipinski definition) is 3. The molecule has 3 heteroatoms. The molecule has 0 heterocycles. The van der Waals surface area contributed by atoms with Crippen LogP contribution in [-0.2, 0) is 19.3 Å². The molecule has 0 amide bonds. The Hall–Kier alpha value is -2.46. The summed E-state index contributed by atoms with van der Waals surface area (Å²) in [6, 6.07) is 32.5. The Bertz CT molecular complexity index is 743. The van der Waals surface area contributed by atoms with Crippen molar-refractivity contribution in [1.82, 2.24) is 16.0 Å². The minimum absolute atomic E-state index is 0.417. The fourth-order valence-corrected chi connectivity index (χ4v) is 3.59. The normalized spacial score (nSPS) is 11.1. The van der Waals surface area contributed by atoms with E-state index in [0.717, 1.165) is 52.0 Å². The van der Waals surface area contributed by atoms with Crippen molar-refractivity contribution in [3.8, 4) is 0 Å². The monoisotopic (exact) mass is 401 g/mol. The largest absolute Gasteiger partial charge is 0.315 e. The van der Waals surface area contributed by atoms with E-state index in [0.29, 0.717) is 6.04 Å². The summed E-state index contributed by atoms with van der Waals surface area (Å²) in [5.74, 6) is 0. The zero-order chi connectivity index (χ0) is 20.7. The minimum Gasteiger partial charge on any atom is -0.315 e. The van der Waals surface area contributed by atoms with E-state index in [4.69, 9.17) is 0 Å². The molecule has 3 aromatic carbocycles. The standard InChI is InChI=1S/C27H35N3/c1-4-10-24(11-5-1)16-19-28-22-27(30-21-18-26-14-8-3-9-15-26)23-29-20-17-25-12-6-2-7-13-25/h1-15,27-30H,16-23H2. The van der Waals surface area contributed by atoms with Crippen molar-refractivity contribution in [1.29, 1.82) is 0 Å². The van der Waals surface area contributed by atoms with Gasteiger partial charge in [-0.2, -0.15) is 0 Å². The SMILES string of the molecule is c1ccc(CCNCC(CNCCc2ccccc2)NCCc2ccccc2)cc1. The predicted octanol–water partition coefficient (Wildman–Crippen LogP) is 3.85. The van der Waals surface area contributed by atoms with Crippen molar-refractivity contribution in [2.45, 2.75) is 25.3 Å². The van der Waals surface area contributed by atoms with Crippen molar-refractivity contribution in [2.24, 2.45) is 0 Å². The molecule has 0 fully saturated rings. The summed E-state index contributed by atoms with van der Waals surface area (Å²) >= 11 is 0. The lowest BCUT2D eigenvalue weighted by Crippen LogP contribution is -2.46. The smallest absolute Gasteiger partial charge is 0.0317 e. The minimum atomic E-state index is 0.417. The summed E-state index contributed by atoms with van der Waals surface area (Å²) in [6.07, 6.45) is 3.20. The van der Waals surface area contributed by atoms with E-state index < -0.39 is 0 Å². The summed E-state index contributed by atoms with van der Waals surface area (Å²) in [4.78, 5) is 0. The van der Waals surface area contributed by atoms with Crippen molar-refractivity contribution in [2.75, 3.05) is 32.7 Å². The highest BCUT2D eigenvalue weighted by Crippen LogP contribution is 2.00. The molecule has 0 bridgehead atoms. The Morgan fingerprint density at radius 1 is 0.467 bits per heavy atom. The van der Waals surface area contributed by atoms with Gasteiger partial charge in [0.15, 0.2) is 0 Å². The van der Waals surface area contributed by atoms with Gasteiger partial charge in [0.1, 0.15) is 0 Å². The maximum atomic E-state index is 3.74. The van der Waals surface area contributed by atoms with Gasteiger partial charge in [0.05, 0.1) is 0 Å². The molecule has 0 spiro atoms. The molecule has 0 aliphatic rings. The topological polar surface area (TPSA) is 36.1 Å². The molecule has 0 atom stereocenters. The molecule has 0 aliphatic carbocycles. The number of rotatable bonds is 14. The highest BCUT2D eigenvalue weighted by Gasteiger charge is 2.07. The van der Waals surface area contributed by atoms with Gasteiger partial charge in [-0.05, 0) is 55.6 Å². The summed E-state index contributed by atoms with van der Waals surface area (Å²) in [6.45, 7) is 4.95. The lowest BCUT2D eigenvalue weighted by molar-refractivity contribution is 0.449. The van der Waals surface area contributed by atoms with Gasteiger partial charge in [0.2, 0.25) is 0 Å². The first-order valence-corrected chi connectivity index (χ1v) is 11.2. The molecule has 158 valence electrons. The zero-order valence-electron chi connectivity index (χ0n) is 17.9. The van der Waals surface area contributed by atoms with Crippen molar-refractivity contribution >= 4 is 0 Å². The fourth-order valence-electron chi connectivity index (χ4n) is 3.59. The van der Waals surface area contributed by atoms with Gasteiger partial charge in [0, 0.05) is 19.1 Å². The highest BCUT2D eigenvalue weighted by molar-refractivity contribution is 5.16. The molecule has 3 N–H and O–H groups in total. The Kier molecular flexibility index (Phi) is 10.2. The lowest BCUT2D eigenvalue weighted by Gasteiger charge is -2.20. The average Bonchev–Trinajstić information content (AvgIpc) is 2.81. The summed E-state index contributed by atoms with van der Waals surface area (Å²) < 4.78 is 0. The van der Waals surface area contributed by atoms with E-state index in [1.54, 1.807) is 0 Å². The third-order valence-electron chi connectivity index (χ3n) is 5.34. The molecular weight excluding hydrogens is 366 g/mol. The van der Waals surface area contributed by atoms with Gasteiger partial charge in [0.25, 0.3) is 0 Å². The predicted molar refractivity (Wildman–Crippen MR) is 128 cm³/mol. The first-order valence-electron chi connectivity index (χ1n) is 11.2. The van der Waals surface area contributed by atoms with Gasteiger partial charge in [-0.25, -0.2) is 0 Å². The van der Waals surface area contributed by atoms with E-state index in [1.807, 2.05) is 0 Å². The van der Waals surface area contributed by atoms with Gasteiger partial charge in [-0.1, -0.05) is 91.0 Å². The Morgan fingerprint density at radius 3 is 1.23 bits per heavy atom. The molecule has 0 aromatic heterocycles. The van der Waals surface area contributed by atoms with Crippen LogP contribution in [0, 0.1) is 0 Å². The second kappa shape index (κ2) is 13.7. The van der Waals surface area contributed by atoms with Gasteiger partial charge in [-0.3, -0.25) is 0 Å². The van der Waals surface area contributed by atoms with Crippen LogP contribution in [-0.4, -0.2) is 38.8 Å². The molecule has 3 rings (SSSR count). The first kappa shape index (κ1) is 22.2. The zero-order valence-corrected chi connectivity index (χ0v) is 17.9. The molecular formula is C27H35N3. The molecule has 0 saturated carbocycles. The van der Waals surface area contributed by atoms with E-state index in [1.165, 1.54) is 16.7 Å². The van der Waals surface area contributed by atoms with Crippen LogP contribution in [0.2, 0.25) is 0 Å². The second-order valence-corrected chi connectivity index (χ2v) is 7.77. The molecule has 0 unspecified atom stereocenters. The average molecular weight is 402 g/mol. The summed E-state index contributed by atoms with van der Waals surface area (Å²) in [5.41, 5.74) is 4.16. The number of hydrogen-bond acceptors (Lipinski definition) is 3. The van der Waals surface area contributed by atoms with Crippen LogP contribution >= 0.6 is 0 Å². The highest BCUT2D eigenvalue weighted by atomic mass is 15.0. The lowest BCUT2D eigenvalue weighted by atomic mass is 10.1. The van der Waals surface area contributed by atoms with E-state index in [-0.39, 0.29) is 0 Å². The van der Waals surface area contributed by atoms with Gasteiger partial charge < -0.3 is 16.0 Å². The maximum absolute atomic E-state index is 3.74. The quantitative estimate of drug-likeness (QED) is 0.359. The Balaban J connectivity index is 1.38. The summed E-state index contributed by atoms with van der Waals surface area (Å²) in [5, 5.41) is 11.0. The first-order chi connectivity index (χ1) is 14.9. The van der Waals surface area contributed by atoms with Crippen molar-refractivity contribution in [3.63, 3.8) is 0 Å². The van der Waals surface area contributed by atoms with Crippen LogP contribution in [0.4, 0.5) is 0 Å². The van der Waals surface area contributed by atoms with Crippen LogP contribution < -0.4 is 16.0 Å². The second-order valence-electron chi connectivity index (χ2n) is 7.77. The van der Waals surface area contributed by atoms with Crippen LogP contribution in [0.1, 0.15) is 16.7 Å². The molecule has 30 heavy (non-hydrogen) atoms. The van der Waals surface area contributed by atoms with Gasteiger partial charge in [-0.15, -0.1) is 0 Å². The summed E-state index contributed by atoms with van der Waals surface area (Å²) in [7, 11) is 0. The molecule has 3 aromatic rings. The van der Waals surface area contributed by atoms with Gasteiger partial charge >= 0.3 is 0 Å².